The third kappa shape index (κ3) is 3.68. The Kier molecular flexibility index (Phi) is 5.41. The van der Waals surface area contributed by atoms with Crippen molar-refractivity contribution in [3.8, 4) is 45.6 Å². The fourth-order valence-electron chi connectivity index (χ4n) is 5.77. The number of hydrogen-bond acceptors (Lipinski definition) is 8. The molecule has 0 amide bonds. The summed E-state index contributed by atoms with van der Waals surface area (Å²) >= 11 is 0. The Labute approximate surface area is 256 Å². The molecule has 8 bridgehead atoms. The van der Waals surface area contributed by atoms with Gasteiger partial charge in [0.1, 0.15) is 22.6 Å². The summed E-state index contributed by atoms with van der Waals surface area (Å²) in [6.07, 6.45) is 0. The van der Waals surface area contributed by atoms with Crippen LogP contribution in [-0.2, 0) is 19.5 Å². The van der Waals surface area contributed by atoms with Gasteiger partial charge in [-0.05, 0) is 12.1 Å². The summed E-state index contributed by atoms with van der Waals surface area (Å²) in [6.45, 7) is 0. The molecule has 6 N–H and O–H groups in total. The summed E-state index contributed by atoms with van der Waals surface area (Å²) in [5, 5.41) is 3.30. The van der Waals surface area contributed by atoms with E-state index in [-0.39, 0.29) is 19.5 Å². The van der Waals surface area contributed by atoms with Crippen LogP contribution >= 0.6 is 0 Å². The fourth-order valence-corrected chi connectivity index (χ4v) is 5.77. The third-order valence-electron chi connectivity index (χ3n) is 7.79. The summed E-state index contributed by atoms with van der Waals surface area (Å²) in [5.41, 5.74) is 19.5. The van der Waals surface area contributed by atoms with Gasteiger partial charge in [-0.1, -0.05) is 72.8 Å². The van der Waals surface area contributed by atoms with E-state index >= 15 is 0 Å². The van der Waals surface area contributed by atoms with Crippen LogP contribution in [0, 0.1) is 0 Å². The van der Waals surface area contributed by atoms with Crippen LogP contribution in [0.2, 0.25) is 0 Å². The van der Waals surface area contributed by atoms with E-state index in [1.807, 2.05) is 78.9 Å². The number of nitrogens with one attached hydrogen (secondary N) is 2. The minimum Gasteiger partial charge on any atom is -0.397 e. The second-order valence-corrected chi connectivity index (χ2v) is 10.2. The minimum atomic E-state index is 0. The van der Waals surface area contributed by atoms with Gasteiger partial charge in [0.25, 0.3) is 0 Å². The largest absolute Gasteiger partial charge is 0.397 e. The predicted octanol–water partition coefficient (Wildman–Crippen LogP) is 6.03. The van der Waals surface area contributed by atoms with Crippen LogP contribution in [-0.4, -0.2) is 39.9 Å². The monoisotopic (exact) mass is 646 g/mol. The van der Waals surface area contributed by atoms with Crippen LogP contribution in [0.3, 0.4) is 0 Å². The van der Waals surface area contributed by atoms with Crippen molar-refractivity contribution in [2.24, 2.45) is 0 Å². The normalized spacial score (nSPS) is 11.7. The third-order valence-corrected chi connectivity index (χ3v) is 7.79. The number of H-pyrrole nitrogens is 2. The molecule has 10 nitrogen and oxygen atoms in total. The zero-order valence-corrected chi connectivity index (χ0v) is 24.0. The number of benzene rings is 4. The van der Waals surface area contributed by atoms with E-state index in [1.54, 1.807) is 6.07 Å². The van der Waals surface area contributed by atoms with Crippen LogP contribution in [0.25, 0.3) is 89.7 Å². The molecule has 3 aromatic heterocycles. The van der Waals surface area contributed by atoms with Gasteiger partial charge in [-0.25, -0.2) is 29.9 Å². The Bertz CT molecular complexity index is 2460. The first-order valence-corrected chi connectivity index (χ1v) is 13.4. The smallest absolute Gasteiger partial charge is 0.164 e. The quantitative estimate of drug-likeness (QED) is 0.115. The Morgan fingerprint density at radius 1 is 0.419 bits per heavy atom. The van der Waals surface area contributed by atoms with Gasteiger partial charge in [0, 0.05) is 57.9 Å². The SMILES string of the molecule is Nc1ccc2c3nc4nc(nc5[nH]c(nc6nc(nc([nH]3)c2c1N)-c1ccccc1-6)c1ccccc51)-c1ccccc1-4.[Ru]. The molecular formula is C32H20N10Ru. The number of rotatable bonds is 0. The first-order chi connectivity index (χ1) is 20.6. The van der Waals surface area contributed by atoms with Gasteiger partial charge < -0.3 is 21.4 Å². The standard InChI is InChI=1S/C32H20N10.Ru/c33-22-14-13-21-23(24(22)34)32-41-30-20-12-6-5-11-19(20)28(39-30)37-26-16-8-2-1-7-15(16)25(35-26)36-27-17-9-3-4-10-18(17)29(38-27)40-31(21)42-32;/h1-14H,33-34H2,(H2,35,36,37,38,39,40,41,42);. The number of fused-ring (bicyclic) bond motifs is 20. The Morgan fingerprint density at radius 2 is 0.814 bits per heavy atom. The molecule has 0 unspecified atom stereocenters. The maximum Gasteiger partial charge on any atom is 0.164 e. The van der Waals surface area contributed by atoms with Crippen molar-refractivity contribution in [3.05, 3.63) is 84.9 Å². The van der Waals surface area contributed by atoms with E-state index in [2.05, 4.69) is 9.97 Å². The molecule has 5 heterocycles. The topological polar surface area (TPSA) is 161 Å². The maximum atomic E-state index is 6.53. The van der Waals surface area contributed by atoms with Crippen LogP contribution in [0.5, 0.6) is 0 Å². The molecule has 0 saturated carbocycles. The predicted molar refractivity (Wildman–Crippen MR) is 165 cm³/mol. The average molecular weight is 646 g/mol. The number of nitrogens with two attached hydrogens (primary N) is 2. The van der Waals surface area contributed by atoms with E-state index in [0.29, 0.717) is 62.6 Å². The zero-order chi connectivity index (χ0) is 27.9. The summed E-state index contributed by atoms with van der Waals surface area (Å²) in [5.74, 6) is 2.13. The number of nitrogen functional groups attached to an aromatic ring is 2. The van der Waals surface area contributed by atoms with Gasteiger partial charge >= 0.3 is 0 Å². The number of aromatic nitrogens is 8. The van der Waals surface area contributed by atoms with Crippen molar-refractivity contribution < 1.29 is 19.5 Å². The molecule has 9 rings (SSSR count). The van der Waals surface area contributed by atoms with Gasteiger partial charge in [-0.15, -0.1) is 0 Å². The van der Waals surface area contributed by atoms with E-state index in [0.717, 1.165) is 38.4 Å². The second kappa shape index (κ2) is 9.24. The van der Waals surface area contributed by atoms with Gasteiger partial charge in [0.05, 0.1) is 16.8 Å². The summed E-state index contributed by atoms with van der Waals surface area (Å²) in [6, 6.07) is 27.5. The molecule has 0 radical (unpaired) electrons. The molecule has 0 fully saturated rings. The van der Waals surface area contributed by atoms with Gasteiger partial charge in [-0.2, -0.15) is 0 Å². The molecule has 0 aliphatic carbocycles. The summed E-state index contributed by atoms with van der Waals surface area (Å²) in [4.78, 5) is 36.6. The Hall–Kier alpha value is -5.54. The van der Waals surface area contributed by atoms with Crippen LogP contribution in [0.4, 0.5) is 11.4 Å². The van der Waals surface area contributed by atoms with E-state index in [1.165, 1.54) is 0 Å². The summed E-state index contributed by atoms with van der Waals surface area (Å²) in [7, 11) is 0. The van der Waals surface area contributed by atoms with Crippen molar-refractivity contribution >= 4 is 55.5 Å². The molecule has 43 heavy (non-hydrogen) atoms. The summed E-state index contributed by atoms with van der Waals surface area (Å²) < 4.78 is 0. The fraction of sp³-hybridized carbons (Fsp3) is 0. The zero-order valence-electron chi connectivity index (χ0n) is 22.3. The van der Waals surface area contributed by atoms with Crippen molar-refractivity contribution in [1.82, 2.24) is 39.9 Å². The van der Waals surface area contributed by atoms with Gasteiger partial charge in [0.2, 0.25) is 0 Å². The molecule has 4 aromatic carbocycles. The molecule has 0 saturated heterocycles. The van der Waals surface area contributed by atoms with Gasteiger partial charge in [0.15, 0.2) is 23.3 Å². The average Bonchev–Trinajstić information content (AvgIpc) is 3.74. The molecular weight excluding hydrogens is 625 g/mol. The van der Waals surface area contributed by atoms with Crippen molar-refractivity contribution in [3.63, 3.8) is 0 Å². The number of hydrogen-bond donors (Lipinski definition) is 4. The Balaban J connectivity index is 0.00000278. The van der Waals surface area contributed by atoms with Gasteiger partial charge in [-0.3, -0.25) is 0 Å². The van der Waals surface area contributed by atoms with Crippen molar-refractivity contribution in [1.29, 1.82) is 0 Å². The van der Waals surface area contributed by atoms with Crippen LogP contribution in [0.1, 0.15) is 0 Å². The van der Waals surface area contributed by atoms with E-state index in [9.17, 15) is 0 Å². The maximum absolute atomic E-state index is 6.53. The molecule has 0 spiro atoms. The van der Waals surface area contributed by atoms with Crippen molar-refractivity contribution in [2.45, 2.75) is 0 Å². The van der Waals surface area contributed by atoms with E-state index in [4.69, 9.17) is 41.4 Å². The molecule has 11 heteroatoms. The number of nitrogens with zero attached hydrogens (tertiary/aromatic N) is 6. The second-order valence-electron chi connectivity index (χ2n) is 10.2. The molecule has 2 aliphatic rings. The first-order valence-electron chi connectivity index (χ1n) is 13.4. The van der Waals surface area contributed by atoms with Crippen molar-refractivity contribution in [2.75, 3.05) is 11.5 Å². The first kappa shape index (κ1) is 25.2. The molecule has 206 valence electrons. The number of anilines is 2. The Morgan fingerprint density at radius 3 is 1.30 bits per heavy atom. The minimum absolute atomic E-state index is 0. The molecule has 7 aromatic rings. The van der Waals surface area contributed by atoms with Crippen LogP contribution < -0.4 is 11.5 Å². The van der Waals surface area contributed by atoms with Crippen LogP contribution in [0.15, 0.2) is 84.9 Å². The number of aromatic amines is 2. The molecule has 2 aliphatic heterocycles. The molecule has 0 atom stereocenters. The van der Waals surface area contributed by atoms with E-state index < -0.39 is 0 Å².